The zero-order chi connectivity index (χ0) is 11.8. The fraction of sp³-hybridized carbons (Fsp3) is 1.00. The topological polar surface area (TPSA) is 21.3 Å². The van der Waals surface area contributed by atoms with Crippen molar-refractivity contribution in [3.8, 4) is 0 Å². The van der Waals surface area contributed by atoms with E-state index in [0.717, 1.165) is 6.61 Å². The molecule has 0 saturated carbocycles. The van der Waals surface area contributed by atoms with Gasteiger partial charge in [0, 0.05) is 12.6 Å². The largest absolute Gasteiger partial charge is 0.377 e. The zero-order valence-electron chi connectivity index (χ0n) is 11.3. The van der Waals surface area contributed by atoms with Crippen LogP contribution in [-0.2, 0) is 4.74 Å². The molecule has 0 aliphatic rings. The molecule has 0 saturated heterocycles. The summed E-state index contributed by atoms with van der Waals surface area (Å²) >= 11 is 0. The van der Waals surface area contributed by atoms with Crippen LogP contribution < -0.4 is 5.32 Å². The van der Waals surface area contributed by atoms with Crippen molar-refractivity contribution >= 4 is 0 Å². The molecule has 0 aromatic carbocycles. The van der Waals surface area contributed by atoms with Crippen molar-refractivity contribution in [3.63, 3.8) is 0 Å². The number of hydrogen-bond donors (Lipinski definition) is 1. The molecule has 1 N–H and O–H groups in total. The molecule has 0 fully saturated rings. The summed E-state index contributed by atoms with van der Waals surface area (Å²) in [5, 5.41) is 3.43. The van der Waals surface area contributed by atoms with Crippen LogP contribution in [0.15, 0.2) is 0 Å². The summed E-state index contributed by atoms with van der Waals surface area (Å²) < 4.78 is 5.86. The Morgan fingerprint density at radius 2 is 1.73 bits per heavy atom. The van der Waals surface area contributed by atoms with Gasteiger partial charge >= 0.3 is 0 Å². The Morgan fingerprint density at radius 1 is 1.13 bits per heavy atom. The maximum Gasteiger partial charge on any atom is 0.0753 e. The quantitative estimate of drug-likeness (QED) is 0.672. The van der Waals surface area contributed by atoms with Crippen molar-refractivity contribution in [3.05, 3.63) is 0 Å². The highest BCUT2D eigenvalue weighted by atomic mass is 16.5. The van der Waals surface area contributed by atoms with Gasteiger partial charge in [0.15, 0.2) is 0 Å². The van der Waals surface area contributed by atoms with E-state index < -0.39 is 0 Å². The van der Waals surface area contributed by atoms with E-state index in [4.69, 9.17) is 4.74 Å². The van der Waals surface area contributed by atoms with E-state index in [-0.39, 0.29) is 0 Å². The van der Waals surface area contributed by atoms with E-state index in [1.165, 1.54) is 12.8 Å². The first-order valence-corrected chi connectivity index (χ1v) is 6.37. The van der Waals surface area contributed by atoms with Gasteiger partial charge in [-0.15, -0.1) is 0 Å². The first-order valence-electron chi connectivity index (χ1n) is 6.37. The zero-order valence-corrected chi connectivity index (χ0v) is 11.3. The summed E-state index contributed by atoms with van der Waals surface area (Å²) in [4.78, 5) is 0. The molecule has 0 aliphatic heterocycles. The third-order valence-electron chi connectivity index (χ3n) is 3.06. The van der Waals surface area contributed by atoms with Crippen LogP contribution in [-0.4, -0.2) is 25.8 Å². The fourth-order valence-electron chi connectivity index (χ4n) is 2.31. The second-order valence-electron chi connectivity index (χ2n) is 4.74. The Labute approximate surface area is 95.8 Å². The molecular formula is C13H29NO. The average molecular weight is 215 g/mol. The Balaban J connectivity index is 4.42. The van der Waals surface area contributed by atoms with Crippen molar-refractivity contribution in [2.24, 2.45) is 11.8 Å². The average Bonchev–Trinajstić information content (AvgIpc) is 2.18. The van der Waals surface area contributed by atoms with Crippen LogP contribution in [0.25, 0.3) is 0 Å². The lowest BCUT2D eigenvalue weighted by atomic mass is 9.87. The lowest BCUT2D eigenvalue weighted by molar-refractivity contribution is -0.00889. The first kappa shape index (κ1) is 14.9. The summed E-state index contributed by atoms with van der Waals surface area (Å²) in [5.41, 5.74) is 0. The molecule has 2 nitrogen and oxygen atoms in total. The van der Waals surface area contributed by atoms with Crippen LogP contribution in [0.2, 0.25) is 0 Å². The molecule has 0 aromatic heterocycles. The van der Waals surface area contributed by atoms with E-state index in [2.05, 4.69) is 39.9 Å². The molecule has 0 spiro atoms. The summed E-state index contributed by atoms with van der Waals surface area (Å²) in [6.45, 7) is 11.9. The van der Waals surface area contributed by atoms with E-state index in [1.807, 2.05) is 7.05 Å². The van der Waals surface area contributed by atoms with E-state index in [1.54, 1.807) is 0 Å². The van der Waals surface area contributed by atoms with Crippen LogP contribution >= 0.6 is 0 Å². The van der Waals surface area contributed by atoms with Gasteiger partial charge in [0.1, 0.15) is 0 Å². The monoisotopic (exact) mass is 215 g/mol. The number of rotatable bonds is 8. The van der Waals surface area contributed by atoms with Gasteiger partial charge in [-0.25, -0.2) is 0 Å². The number of hydrogen-bond acceptors (Lipinski definition) is 2. The van der Waals surface area contributed by atoms with Crippen LogP contribution in [0.1, 0.15) is 47.5 Å². The van der Waals surface area contributed by atoms with E-state index in [9.17, 15) is 0 Å². The predicted molar refractivity (Wildman–Crippen MR) is 67.2 cm³/mol. The maximum atomic E-state index is 5.86. The minimum Gasteiger partial charge on any atom is -0.377 e. The highest BCUT2D eigenvalue weighted by Gasteiger charge is 2.27. The molecule has 0 rings (SSSR count). The molecule has 0 aromatic rings. The van der Waals surface area contributed by atoms with E-state index >= 15 is 0 Å². The standard InChI is InChI=1S/C13H29NO/c1-7-9-11(5)12(14-6)13(10(3)4)15-8-2/h10-14H,7-9H2,1-6H3. The van der Waals surface area contributed by atoms with Gasteiger partial charge in [-0.05, 0) is 32.2 Å². The number of ether oxygens (including phenoxy) is 1. The normalized spacial score (nSPS) is 17.8. The Morgan fingerprint density at radius 3 is 2.07 bits per heavy atom. The van der Waals surface area contributed by atoms with Crippen LogP contribution in [0.3, 0.4) is 0 Å². The third kappa shape index (κ3) is 4.98. The Bertz CT molecular complexity index is 147. The molecule has 0 bridgehead atoms. The SMILES string of the molecule is CCCC(C)C(NC)C(OCC)C(C)C. The molecular weight excluding hydrogens is 186 g/mol. The fourth-order valence-corrected chi connectivity index (χ4v) is 2.31. The van der Waals surface area contributed by atoms with Crippen molar-refractivity contribution in [2.45, 2.75) is 59.6 Å². The van der Waals surface area contributed by atoms with Gasteiger partial charge < -0.3 is 10.1 Å². The minimum atomic E-state index is 0.335. The Kier molecular flexibility index (Phi) is 8.07. The van der Waals surface area contributed by atoms with Gasteiger partial charge in [0.2, 0.25) is 0 Å². The molecule has 15 heavy (non-hydrogen) atoms. The van der Waals surface area contributed by atoms with Gasteiger partial charge in [0.05, 0.1) is 6.10 Å². The second kappa shape index (κ2) is 8.12. The third-order valence-corrected chi connectivity index (χ3v) is 3.06. The predicted octanol–water partition coefficient (Wildman–Crippen LogP) is 3.07. The first-order chi connectivity index (χ1) is 7.08. The maximum absolute atomic E-state index is 5.86. The smallest absolute Gasteiger partial charge is 0.0753 e. The van der Waals surface area contributed by atoms with Crippen molar-refractivity contribution in [1.29, 1.82) is 0 Å². The van der Waals surface area contributed by atoms with Gasteiger partial charge in [0.25, 0.3) is 0 Å². The van der Waals surface area contributed by atoms with Crippen LogP contribution in [0.4, 0.5) is 0 Å². The van der Waals surface area contributed by atoms with Gasteiger partial charge in [-0.2, -0.15) is 0 Å². The Hall–Kier alpha value is -0.0800. The van der Waals surface area contributed by atoms with E-state index in [0.29, 0.717) is 24.0 Å². The van der Waals surface area contributed by atoms with Crippen molar-refractivity contribution in [1.82, 2.24) is 5.32 Å². The van der Waals surface area contributed by atoms with Crippen molar-refractivity contribution in [2.75, 3.05) is 13.7 Å². The molecule has 0 heterocycles. The summed E-state index contributed by atoms with van der Waals surface area (Å²) in [6, 6.07) is 0.477. The summed E-state index contributed by atoms with van der Waals surface area (Å²) in [7, 11) is 2.05. The highest BCUT2D eigenvalue weighted by molar-refractivity contribution is 4.82. The molecule has 0 amide bonds. The lowest BCUT2D eigenvalue weighted by Gasteiger charge is -2.34. The molecule has 0 aliphatic carbocycles. The molecule has 3 unspecified atom stereocenters. The molecule has 0 radical (unpaired) electrons. The highest BCUT2D eigenvalue weighted by Crippen LogP contribution is 2.20. The molecule has 3 atom stereocenters. The summed E-state index contributed by atoms with van der Waals surface area (Å²) in [5.74, 6) is 1.25. The number of likely N-dealkylation sites (N-methyl/N-ethyl adjacent to an activating group) is 1. The second-order valence-corrected chi connectivity index (χ2v) is 4.74. The van der Waals surface area contributed by atoms with Gasteiger partial charge in [-0.3, -0.25) is 0 Å². The molecule has 92 valence electrons. The summed E-state index contributed by atoms with van der Waals surface area (Å²) in [6.07, 6.45) is 2.85. The van der Waals surface area contributed by atoms with Crippen LogP contribution in [0, 0.1) is 11.8 Å². The molecule has 2 heteroatoms. The van der Waals surface area contributed by atoms with Crippen LogP contribution in [0.5, 0.6) is 0 Å². The number of nitrogens with one attached hydrogen (secondary N) is 1. The minimum absolute atomic E-state index is 0.335. The van der Waals surface area contributed by atoms with Gasteiger partial charge in [-0.1, -0.05) is 34.1 Å². The van der Waals surface area contributed by atoms with Crippen molar-refractivity contribution < 1.29 is 4.74 Å². The lowest BCUT2D eigenvalue weighted by Crippen LogP contribution is -2.46.